The first-order valence-corrected chi connectivity index (χ1v) is 14.4. The molecule has 4 aromatic rings. The molecular formula is C36H28O8. The molecule has 4 unspecified atom stereocenters. The normalized spacial score (nSPS) is 19.7. The molecule has 0 N–H and O–H groups in total. The molecule has 220 valence electrons. The Labute approximate surface area is 253 Å². The fraction of sp³-hybridized carbons (Fsp3) is 0.222. The second kappa shape index (κ2) is 10.2. The van der Waals surface area contributed by atoms with Crippen LogP contribution in [-0.2, 0) is 19.2 Å². The van der Waals surface area contributed by atoms with Gasteiger partial charge in [0.2, 0.25) is 0 Å². The molecule has 0 saturated heterocycles. The zero-order chi connectivity index (χ0) is 30.9. The second-order valence-electron chi connectivity index (χ2n) is 11.4. The zero-order valence-electron chi connectivity index (χ0n) is 24.5. The van der Waals surface area contributed by atoms with Crippen molar-refractivity contribution in [2.75, 3.05) is 0 Å². The lowest BCUT2D eigenvalue weighted by atomic mass is 9.53. The van der Waals surface area contributed by atoms with Crippen LogP contribution < -0.4 is 18.9 Å². The average Bonchev–Trinajstić information content (AvgIpc) is 2.93. The monoisotopic (exact) mass is 588 g/mol. The van der Waals surface area contributed by atoms with Gasteiger partial charge in [-0.2, -0.15) is 0 Å². The lowest BCUT2D eigenvalue weighted by Crippen LogP contribution is -2.36. The summed E-state index contributed by atoms with van der Waals surface area (Å²) in [7, 11) is 0. The first-order valence-electron chi connectivity index (χ1n) is 14.4. The lowest BCUT2D eigenvalue weighted by Gasteiger charge is -2.50. The molecule has 4 aromatic carbocycles. The Bertz CT molecular complexity index is 1640. The maximum atomic E-state index is 11.9. The number of benzene rings is 4. The van der Waals surface area contributed by atoms with Crippen LogP contribution in [0.3, 0.4) is 0 Å². The van der Waals surface area contributed by atoms with E-state index in [1.165, 1.54) is 27.7 Å². The first kappa shape index (κ1) is 27.6. The predicted molar refractivity (Wildman–Crippen MR) is 158 cm³/mol. The van der Waals surface area contributed by atoms with Gasteiger partial charge in [0.15, 0.2) is 0 Å². The Morgan fingerprint density at radius 2 is 0.568 bits per heavy atom. The van der Waals surface area contributed by atoms with Crippen molar-refractivity contribution in [3.8, 4) is 23.0 Å². The van der Waals surface area contributed by atoms with Crippen molar-refractivity contribution in [1.82, 2.24) is 0 Å². The Balaban J connectivity index is 1.55. The van der Waals surface area contributed by atoms with E-state index in [0.29, 0.717) is 23.0 Å². The summed E-state index contributed by atoms with van der Waals surface area (Å²) in [6, 6.07) is 23.0. The third kappa shape index (κ3) is 4.45. The number of carbonyl (C=O) groups excluding carboxylic acids is 4. The molecule has 0 fully saturated rings. The predicted octanol–water partition coefficient (Wildman–Crippen LogP) is 6.26. The van der Waals surface area contributed by atoms with E-state index < -0.39 is 23.9 Å². The molecule has 8 nitrogen and oxygen atoms in total. The molecule has 10 rings (SSSR count). The summed E-state index contributed by atoms with van der Waals surface area (Å²) in [5, 5.41) is 0. The van der Waals surface area contributed by atoms with Crippen molar-refractivity contribution in [1.29, 1.82) is 0 Å². The van der Waals surface area contributed by atoms with Gasteiger partial charge in [-0.25, -0.2) is 0 Å². The third-order valence-electron chi connectivity index (χ3n) is 8.63. The molecule has 0 aromatic heterocycles. The molecule has 4 atom stereocenters. The first-order chi connectivity index (χ1) is 21.1. The van der Waals surface area contributed by atoms with Gasteiger partial charge in [0.1, 0.15) is 23.0 Å². The van der Waals surface area contributed by atoms with Crippen LogP contribution in [0.4, 0.5) is 0 Å². The molecule has 6 aliphatic carbocycles. The molecular weight excluding hydrogens is 560 g/mol. The van der Waals surface area contributed by atoms with Crippen molar-refractivity contribution in [3.05, 3.63) is 117 Å². The summed E-state index contributed by atoms with van der Waals surface area (Å²) < 4.78 is 22.2. The number of rotatable bonds is 4. The highest BCUT2D eigenvalue weighted by Gasteiger charge is 2.50. The van der Waals surface area contributed by atoms with Crippen LogP contribution in [0.25, 0.3) is 0 Å². The average molecular weight is 589 g/mol. The van der Waals surface area contributed by atoms with Crippen molar-refractivity contribution >= 4 is 23.9 Å². The zero-order valence-corrected chi connectivity index (χ0v) is 24.5. The number of carbonyl (C=O) groups is 4. The van der Waals surface area contributed by atoms with Crippen LogP contribution in [0.1, 0.15) is 95.9 Å². The van der Waals surface area contributed by atoms with Crippen LogP contribution in [-0.4, -0.2) is 23.9 Å². The van der Waals surface area contributed by atoms with E-state index in [4.69, 9.17) is 18.9 Å². The summed E-state index contributed by atoms with van der Waals surface area (Å²) in [6.45, 7) is 5.50. The SMILES string of the molecule is CC(=O)Oc1ccc2c(c1)C1c3ccc(OC(C)=O)cc3C2C2c3ccc(OC(C)=O)cc3C1c1ccc(OC(C)=O)cc12. The van der Waals surface area contributed by atoms with Gasteiger partial charge in [-0.15, -0.1) is 0 Å². The van der Waals surface area contributed by atoms with E-state index in [1.54, 1.807) is 24.3 Å². The summed E-state index contributed by atoms with van der Waals surface area (Å²) in [5.41, 5.74) is 8.34. The molecule has 44 heavy (non-hydrogen) atoms. The van der Waals surface area contributed by atoms with Crippen molar-refractivity contribution in [2.24, 2.45) is 0 Å². The molecule has 6 aliphatic rings. The number of ether oxygens (including phenoxy) is 4. The topological polar surface area (TPSA) is 105 Å². The van der Waals surface area contributed by atoms with E-state index in [2.05, 4.69) is 0 Å². The van der Waals surface area contributed by atoms with Gasteiger partial charge in [-0.1, -0.05) is 24.3 Å². The number of esters is 4. The Morgan fingerprint density at radius 3 is 0.750 bits per heavy atom. The second-order valence-corrected chi connectivity index (χ2v) is 11.4. The summed E-state index contributed by atoms with van der Waals surface area (Å²) >= 11 is 0. The molecule has 0 heterocycles. The Hall–Kier alpha value is -5.24. The van der Waals surface area contributed by atoms with Crippen LogP contribution in [0, 0.1) is 0 Å². The minimum atomic E-state index is -0.409. The highest BCUT2D eigenvalue weighted by Crippen LogP contribution is 2.65. The molecule has 0 amide bonds. The van der Waals surface area contributed by atoms with Gasteiger partial charge in [0.05, 0.1) is 0 Å². The molecule has 0 aliphatic heterocycles. The maximum Gasteiger partial charge on any atom is 0.308 e. The molecule has 0 spiro atoms. The smallest absolute Gasteiger partial charge is 0.308 e. The van der Waals surface area contributed by atoms with Gasteiger partial charge in [0.25, 0.3) is 0 Å². The van der Waals surface area contributed by atoms with Crippen LogP contribution in [0.2, 0.25) is 0 Å². The van der Waals surface area contributed by atoms with Crippen molar-refractivity contribution in [3.63, 3.8) is 0 Å². The van der Waals surface area contributed by atoms with E-state index in [1.807, 2.05) is 48.5 Å². The molecule has 0 saturated carbocycles. The van der Waals surface area contributed by atoms with Crippen LogP contribution in [0.15, 0.2) is 72.8 Å². The van der Waals surface area contributed by atoms with Crippen LogP contribution in [0.5, 0.6) is 23.0 Å². The Kier molecular flexibility index (Phi) is 6.39. The third-order valence-corrected chi connectivity index (χ3v) is 8.63. The van der Waals surface area contributed by atoms with Gasteiger partial charge in [-0.05, 0) is 93.0 Å². The molecule has 8 heteroatoms. The summed E-state index contributed by atoms with van der Waals surface area (Å²) in [6.07, 6.45) is 0. The largest absolute Gasteiger partial charge is 0.427 e. The number of hydrogen-bond donors (Lipinski definition) is 0. The minimum absolute atomic E-state index is 0.246. The van der Waals surface area contributed by atoms with Gasteiger partial charge in [0, 0.05) is 51.4 Å². The van der Waals surface area contributed by atoms with E-state index in [0.717, 1.165) is 44.5 Å². The van der Waals surface area contributed by atoms with Crippen molar-refractivity contribution < 1.29 is 38.1 Å². The van der Waals surface area contributed by atoms with E-state index >= 15 is 0 Å². The van der Waals surface area contributed by atoms with Crippen LogP contribution >= 0.6 is 0 Å². The highest BCUT2D eigenvalue weighted by atomic mass is 16.5. The standard InChI is InChI=1S/C36H28O8/c1-17(37)41-21-5-9-25-29(13-21)33-26-10-6-22(42-18(2)38)14-30(26)34(25)36-28-12-8-23(43-19(3)39)15-31(28)35(33)27-11-7-24(16-32(27)36)44-20(4)40/h5-16,33-36H,1-4H3. The fourth-order valence-corrected chi connectivity index (χ4v) is 7.45. The summed E-state index contributed by atoms with van der Waals surface area (Å²) in [5.74, 6) is -0.802. The fourth-order valence-electron chi connectivity index (χ4n) is 7.45. The van der Waals surface area contributed by atoms with Crippen molar-refractivity contribution in [2.45, 2.75) is 51.4 Å². The van der Waals surface area contributed by atoms with Gasteiger partial charge >= 0.3 is 23.9 Å². The van der Waals surface area contributed by atoms with Gasteiger partial charge in [-0.3, -0.25) is 19.2 Å². The number of hydrogen-bond acceptors (Lipinski definition) is 8. The van der Waals surface area contributed by atoms with E-state index in [-0.39, 0.29) is 23.7 Å². The quantitative estimate of drug-likeness (QED) is 0.203. The lowest BCUT2D eigenvalue weighted by molar-refractivity contribution is -0.132. The molecule has 0 radical (unpaired) electrons. The van der Waals surface area contributed by atoms with E-state index in [9.17, 15) is 19.2 Å². The maximum absolute atomic E-state index is 11.9. The summed E-state index contributed by atoms with van der Waals surface area (Å²) in [4.78, 5) is 47.7. The Morgan fingerprint density at radius 1 is 0.364 bits per heavy atom. The highest BCUT2D eigenvalue weighted by molar-refractivity contribution is 5.75. The van der Waals surface area contributed by atoms with Gasteiger partial charge < -0.3 is 18.9 Å². The molecule has 4 bridgehead atoms. The minimum Gasteiger partial charge on any atom is -0.427 e.